The first-order valence-corrected chi connectivity index (χ1v) is 7.63. The monoisotopic (exact) mass is 270 g/mol. The van der Waals surface area contributed by atoms with E-state index in [1.165, 1.54) is 35.1 Å². The molecule has 0 radical (unpaired) electrons. The Hall–Kier alpha value is -1.34. The highest BCUT2D eigenvalue weighted by Crippen LogP contribution is 2.40. The molecule has 20 heavy (non-hydrogen) atoms. The highest BCUT2D eigenvalue weighted by molar-refractivity contribution is 5.76. The molecule has 0 unspecified atom stereocenters. The Labute approximate surface area is 123 Å². The minimum absolute atomic E-state index is 0.193. The van der Waals surface area contributed by atoms with E-state index in [4.69, 9.17) is 4.74 Å². The van der Waals surface area contributed by atoms with Gasteiger partial charge in [-0.3, -0.25) is 0 Å². The Bertz CT molecular complexity index is 494. The van der Waals surface area contributed by atoms with Crippen molar-refractivity contribution >= 4 is 5.57 Å². The average Bonchev–Trinajstić information content (AvgIpc) is 2.72. The highest BCUT2D eigenvalue weighted by atomic mass is 16.5. The fraction of sp³-hybridized carbons (Fsp3) is 0.474. The van der Waals surface area contributed by atoms with E-state index in [0.717, 1.165) is 19.4 Å². The lowest BCUT2D eigenvalue weighted by Crippen LogP contribution is -2.21. The summed E-state index contributed by atoms with van der Waals surface area (Å²) in [5, 5.41) is 0. The molecule has 0 bridgehead atoms. The second-order valence-corrected chi connectivity index (χ2v) is 6.17. The van der Waals surface area contributed by atoms with Gasteiger partial charge in [0.15, 0.2) is 0 Å². The molecule has 1 aliphatic rings. The van der Waals surface area contributed by atoms with Gasteiger partial charge in [-0.15, -0.1) is 0 Å². The van der Waals surface area contributed by atoms with Crippen LogP contribution >= 0.6 is 0 Å². The van der Waals surface area contributed by atoms with Gasteiger partial charge in [0.2, 0.25) is 0 Å². The fourth-order valence-corrected chi connectivity index (χ4v) is 2.95. The van der Waals surface area contributed by atoms with Crippen LogP contribution in [0.4, 0.5) is 0 Å². The van der Waals surface area contributed by atoms with Crippen molar-refractivity contribution in [1.82, 2.24) is 0 Å². The van der Waals surface area contributed by atoms with Crippen LogP contribution in [0.15, 0.2) is 48.1 Å². The smallest absolute Gasteiger partial charge is 0.0886 e. The van der Waals surface area contributed by atoms with Gasteiger partial charge in [0, 0.05) is 0 Å². The predicted molar refractivity (Wildman–Crippen MR) is 86.7 cm³/mol. The second kappa shape index (κ2) is 6.41. The molecule has 0 aliphatic carbocycles. The van der Waals surface area contributed by atoms with Gasteiger partial charge in [-0.1, -0.05) is 55.8 Å². The molecular formula is C19H26O. The quantitative estimate of drug-likeness (QED) is 0.630. The van der Waals surface area contributed by atoms with Crippen molar-refractivity contribution in [1.29, 1.82) is 0 Å². The molecule has 1 nitrogen and oxygen atoms in total. The van der Waals surface area contributed by atoms with E-state index < -0.39 is 0 Å². The molecule has 0 saturated heterocycles. The van der Waals surface area contributed by atoms with E-state index in [1.807, 2.05) is 0 Å². The van der Waals surface area contributed by atoms with Crippen molar-refractivity contribution in [2.45, 2.75) is 52.1 Å². The number of hydrogen-bond acceptors (Lipinski definition) is 1. The van der Waals surface area contributed by atoms with E-state index in [0.29, 0.717) is 0 Å². The predicted octanol–water partition coefficient (Wildman–Crippen LogP) is 5.39. The number of benzene rings is 1. The van der Waals surface area contributed by atoms with Crippen LogP contribution in [0.1, 0.15) is 52.0 Å². The third-order valence-corrected chi connectivity index (χ3v) is 3.97. The molecular weight excluding hydrogens is 244 g/mol. The lowest BCUT2D eigenvalue weighted by atomic mass is 9.87. The Kier molecular flexibility index (Phi) is 4.82. The van der Waals surface area contributed by atoms with Crippen LogP contribution in [0.25, 0.3) is 5.57 Å². The Balaban J connectivity index is 2.25. The molecule has 1 aromatic rings. The van der Waals surface area contributed by atoms with Crippen LogP contribution in [0.3, 0.4) is 0 Å². The van der Waals surface area contributed by atoms with Crippen molar-refractivity contribution in [2.75, 3.05) is 6.61 Å². The number of rotatable bonds is 6. The molecule has 1 aliphatic heterocycles. The van der Waals surface area contributed by atoms with Gasteiger partial charge in [0.1, 0.15) is 0 Å². The molecule has 1 aromatic carbocycles. The van der Waals surface area contributed by atoms with E-state index in [-0.39, 0.29) is 5.60 Å². The third-order valence-electron chi connectivity index (χ3n) is 3.97. The summed E-state index contributed by atoms with van der Waals surface area (Å²) < 4.78 is 6.01. The minimum atomic E-state index is -0.193. The van der Waals surface area contributed by atoms with Crippen molar-refractivity contribution in [2.24, 2.45) is 0 Å². The van der Waals surface area contributed by atoms with Crippen LogP contribution in [-0.2, 0) is 4.74 Å². The van der Waals surface area contributed by atoms with Gasteiger partial charge >= 0.3 is 0 Å². The summed E-state index contributed by atoms with van der Waals surface area (Å²) in [5.41, 5.74) is 5.18. The Morgan fingerprint density at radius 2 is 1.95 bits per heavy atom. The first kappa shape index (κ1) is 15.1. The Morgan fingerprint density at radius 3 is 2.60 bits per heavy atom. The maximum atomic E-state index is 6.01. The number of allylic oxidation sites excluding steroid dienone is 1. The third kappa shape index (κ3) is 3.40. The van der Waals surface area contributed by atoms with Crippen LogP contribution in [0.2, 0.25) is 0 Å². The van der Waals surface area contributed by atoms with Gasteiger partial charge in [0.25, 0.3) is 0 Å². The number of hydrogen-bond donors (Lipinski definition) is 0. The van der Waals surface area contributed by atoms with Crippen molar-refractivity contribution < 1.29 is 4.74 Å². The molecule has 108 valence electrons. The molecule has 0 N–H and O–H groups in total. The van der Waals surface area contributed by atoms with Crippen molar-refractivity contribution in [3.8, 4) is 0 Å². The Morgan fingerprint density at radius 1 is 1.25 bits per heavy atom. The summed E-state index contributed by atoms with van der Waals surface area (Å²) in [4.78, 5) is 0. The molecule has 0 spiro atoms. The van der Waals surface area contributed by atoms with Crippen LogP contribution in [0.5, 0.6) is 0 Å². The zero-order valence-electron chi connectivity index (χ0n) is 13.0. The van der Waals surface area contributed by atoms with Gasteiger partial charge in [-0.05, 0) is 49.8 Å². The normalized spacial score (nSPS) is 17.6. The zero-order chi connectivity index (χ0) is 14.6. The lowest BCUT2D eigenvalue weighted by Gasteiger charge is -2.22. The topological polar surface area (TPSA) is 9.23 Å². The van der Waals surface area contributed by atoms with Gasteiger partial charge < -0.3 is 4.74 Å². The maximum absolute atomic E-state index is 6.01. The number of unbranched alkanes of at least 4 members (excludes halogenated alkanes) is 1. The average molecular weight is 270 g/mol. The summed E-state index contributed by atoms with van der Waals surface area (Å²) >= 11 is 0. The van der Waals surface area contributed by atoms with Crippen molar-refractivity contribution in [3.63, 3.8) is 0 Å². The first-order chi connectivity index (χ1) is 9.54. The summed E-state index contributed by atoms with van der Waals surface area (Å²) in [5.74, 6) is 0. The maximum Gasteiger partial charge on any atom is 0.0886 e. The fourth-order valence-electron chi connectivity index (χ4n) is 2.95. The van der Waals surface area contributed by atoms with E-state index in [2.05, 4.69) is 57.7 Å². The zero-order valence-corrected chi connectivity index (χ0v) is 13.0. The molecule has 1 heteroatoms. The summed E-state index contributed by atoms with van der Waals surface area (Å²) in [6.45, 7) is 11.5. The lowest BCUT2D eigenvalue weighted by molar-refractivity contribution is 0.0611. The molecule has 0 amide bonds. The highest BCUT2D eigenvalue weighted by Gasteiger charge is 2.34. The largest absolute Gasteiger partial charge is 0.366 e. The number of ether oxygens (including phenoxy) is 1. The van der Waals surface area contributed by atoms with E-state index >= 15 is 0 Å². The van der Waals surface area contributed by atoms with E-state index in [1.54, 1.807) is 0 Å². The molecule has 0 aromatic heterocycles. The van der Waals surface area contributed by atoms with E-state index in [9.17, 15) is 0 Å². The van der Waals surface area contributed by atoms with Crippen LogP contribution in [-0.4, -0.2) is 12.2 Å². The molecule has 2 rings (SSSR count). The standard InChI is InChI=1S/C19H26O/c1-5-6-10-15(2)13-17-14-20-19(3,4)18(17)16-11-8-7-9-12-16/h7-9,11-12H,2,5-6,10,13-14H2,1,3-4H3. The SMILES string of the molecule is C=C(CCCC)CC1=C(c2ccccc2)C(C)(C)OC1. The minimum Gasteiger partial charge on any atom is -0.366 e. The van der Waals surface area contributed by atoms with Crippen LogP contribution in [0, 0.1) is 0 Å². The van der Waals surface area contributed by atoms with Crippen molar-refractivity contribution in [3.05, 3.63) is 53.6 Å². The van der Waals surface area contributed by atoms with Gasteiger partial charge in [-0.2, -0.15) is 0 Å². The van der Waals surface area contributed by atoms with Gasteiger partial charge in [0.05, 0.1) is 12.2 Å². The first-order valence-electron chi connectivity index (χ1n) is 7.63. The molecule has 0 fully saturated rings. The molecule has 0 atom stereocenters. The van der Waals surface area contributed by atoms with Crippen LogP contribution < -0.4 is 0 Å². The molecule has 1 heterocycles. The van der Waals surface area contributed by atoms with Gasteiger partial charge in [-0.25, -0.2) is 0 Å². The summed E-state index contributed by atoms with van der Waals surface area (Å²) in [6.07, 6.45) is 4.57. The second-order valence-electron chi connectivity index (χ2n) is 6.17. The summed E-state index contributed by atoms with van der Waals surface area (Å²) in [7, 11) is 0. The summed E-state index contributed by atoms with van der Waals surface area (Å²) in [6, 6.07) is 10.6. The molecule has 0 saturated carbocycles.